The second-order valence-corrected chi connectivity index (χ2v) is 6.38. The van der Waals surface area contributed by atoms with E-state index in [0.29, 0.717) is 35.6 Å². The number of aromatic hydroxyl groups is 1. The van der Waals surface area contributed by atoms with Crippen LogP contribution in [0, 0.1) is 11.6 Å². The van der Waals surface area contributed by atoms with Crippen LogP contribution in [0.4, 0.5) is 20.3 Å². The normalized spacial score (nSPS) is 11.0. The Balaban J connectivity index is 1.70. The van der Waals surface area contributed by atoms with Gasteiger partial charge < -0.3 is 24.9 Å². The van der Waals surface area contributed by atoms with Crippen LogP contribution in [0.1, 0.15) is 0 Å². The summed E-state index contributed by atoms with van der Waals surface area (Å²) in [6.07, 6.45) is 1.44. The minimum absolute atomic E-state index is 0.140. The largest absolute Gasteiger partial charge is 0.494 e. The maximum absolute atomic E-state index is 14.3. The van der Waals surface area contributed by atoms with E-state index in [2.05, 4.69) is 20.3 Å². The Morgan fingerprint density at radius 2 is 1.77 bits per heavy atom. The molecule has 7 nitrogen and oxygen atoms in total. The molecule has 0 spiro atoms. The number of ether oxygens (including phenoxy) is 2. The molecule has 154 valence electrons. The molecule has 2 aromatic carbocycles. The average Bonchev–Trinajstić information content (AvgIpc) is 3.10. The number of nitrogens with one attached hydrogen (secondary N) is 2. The standard InChI is InChI=1S/C21H18F2N4O3/c1-29-9-10-30-13-7-5-12(6-8-13)25-20-18-16(11-24-21(18)28)26-19(27-20)17-14(22)3-2-4-15(17)23/h2-8,11,24,28H,9-10H2,1H3,(H,25,26,27). The second-order valence-electron chi connectivity index (χ2n) is 6.38. The predicted octanol–water partition coefficient (Wildman–Crippen LogP) is 4.38. The highest BCUT2D eigenvalue weighted by atomic mass is 19.1. The number of aromatic amines is 1. The molecule has 2 aromatic heterocycles. The molecule has 0 saturated carbocycles. The lowest BCUT2D eigenvalue weighted by molar-refractivity contribution is 0.146. The molecule has 0 aliphatic heterocycles. The summed E-state index contributed by atoms with van der Waals surface area (Å²) in [5, 5.41) is 13.5. The number of hydrogen-bond donors (Lipinski definition) is 3. The highest BCUT2D eigenvalue weighted by Gasteiger charge is 2.19. The maximum atomic E-state index is 14.3. The fourth-order valence-electron chi connectivity index (χ4n) is 2.95. The van der Waals surface area contributed by atoms with Gasteiger partial charge in [-0.1, -0.05) is 6.07 Å². The number of hydrogen-bond acceptors (Lipinski definition) is 6. The molecule has 0 fully saturated rings. The van der Waals surface area contributed by atoms with Crippen molar-refractivity contribution in [2.75, 3.05) is 25.6 Å². The molecule has 3 N–H and O–H groups in total. The van der Waals surface area contributed by atoms with Gasteiger partial charge in [-0.3, -0.25) is 0 Å². The van der Waals surface area contributed by atoms with Crippen molar-refractivity contribution in [1.29, 1.82) is 0 Å². The molecule has 0 atom stereocenters. The van der Waals surface area contributed by atoms with E-state index in [1.807, 2.05) is 0 Å². The van der Waals surface area contributed by atoms with Crippen LogP contribution in [0.15, 0.2) is 48.7 Å². The van der Waals surface area contributed by atoms with E-state index in [-0.39, 0.29) is 23.1 Å². The van der Waals surface area contributed by atoms with Crippen LogP contribution >= 0.6 is 0 Å². The van der Waals surface area contributed by atoms with Gasteiger partial charge in [-0.05, 0) is 36.4 Å². The fourth-order valence-corrected chi connectivity index (χ4v) is 2.95. The zero-order valence-corrected chi connectivity index (χ0v) is 15.9. The summed E-state index contributed by atoms with van der Waals surface area (Å²) in [6, 6.07) is 10.6. The summed E-state index contributed by atoms with van der Waals surface area (Å²) in [6.45, 7) is 0.895. The highest BCUT2D eigenvalue weighted by Crippen LogP contribution is 2.34. The van der Waals surface area contributed by atoms with Crippen molar-refractivity contribution in [2.45, 2.75) is 0 Å². The van der Waals surface area contributed by atoms with Crippen LogP contribution in [-0.4, -0.2) is 40.4 Å². The summed E-state index contributed by atoms with van der Waals surface area (Å²) in [7, 11) is 1.59. The number of fused-ring (bicyclic) bond motifs is 1. The summed E-state index contributed by atoms with van der Waals surface area (Å²) < 4.78 is 39.0. The maximum Gasteiger partial charge on any atom is 0.201 e. The molecule has 0 saturated heterocycles. The molecule has 0 unspecified atom stereocenters. The SMILES string of the molecule is COCCOc1ccc(Nc2nc(-c3c(F)cccc3F)nc3c[nH]c(O)c23)cc1. The minimum atomic E-state index is -0.780. The first-order valence-corrected chi connectivity index (χ1v) is 9.08. The van der Waals surface area contributed by atoms with Gasteiger partial charge >= 0.3 is 0 Å². The smallest absolute Gasteiger partial charge is 0.201 e. The van der Waals surface area contributed by atoms with E-state index in [1.165, 1.54) is 12.3 Å². The number of rotatable bonds is 7. The summed E-state index contributed by atoms with van der Waals surface area (Å²) in [5.41, 5.74) is 0.599. The zero-order valence-electron chi connectivity index (χ0n) is 15.9. The van der Waals surface area contributed by atoms with Gasteiger partial charge in [-0.2, -0.15) is 0 Å². The third kappa shape index (κ3) is 3.87. The lowest BCUT2D eigenvalue weighted by atomic mass is 10.1. The average molecular weight is 412 g/mol. The third-order valence-electron chi connectivity index (χ3n) is 4.38. The Hall–Kier alpha value is -3.72. The Labute approximate surface area is 170 Å². The number of H-pyrrole nitrogens is 1. The molecule has 0 aliphatic rings. The van der Waals surface area contributed by atoms with Crippen molar-refractivity contribution in [3.8, 4) is 23.0 Å². The van der Waals surface area contributed by atoms with E-state index < -0.39 is 11.6 Å². The van der Waals surface area contributed by atoms with Crippen molar-refractivity contribution < 1.29 is 23.4 Å². The Morgan fingerprint density at radius 3 is 2.47 bits per heavy atom. The fraction of sp³-hybridized carbons (Fsp3) is 0.143. The number of aromatic nitrogens is 3. The van der Waals surface area contributed by atoms with Crippen molar-refractivity contribution >= 4 is 22.4 Å². The van der Waals surface area contributed by atoms with E-state index in [1.54, 1.807) is 31.4 Å². The monoisotopic (exact) mass is 412 g/mol. The van der Waals surface area contributed by atoms with Gasteiger partial charge in [0, 0.05) is 19.0 Å². The van der Waals surface area contributed by atoms with Gasteiger partial charge in [-0.25, -0.2) is 18.7 Å². The van der Waals surface area contributed by atoms with Gasteiger partial charge in [0.25, 0.3) is 0 Å². The number of methoxy groups -OCH3 is 1. The summed E-state index contributed by atoms with van der Waals surface area (Å²) in [5.74, 6) is -1.00. The molecule has 0 amide bonds. The van der Waals surface area contributed by atoms with Gasteiger partial charge in [0.15, 0.2) is 5.82 Å². The number of halogens is 2. The molecule has 0 aliphatic carbocycles. The molecule has 0 bridgehead atoms. The first kappa shape index (κ1) is 19.6. The second kappa shape index (κ2) is 8.34. The molecule has 4 rings (SSSR count). The number of nitrogens with zero attached hydrogens (tertiary/aromatic N) is 2. The first-order chi connectivity index (χ1) is 14.6. The molecule has 4 aromatic rings. The van der Waals surface area contributed by atoms with E-state index in [9.17, 15) is 13.9 Å². The van der Waals surface area contributed by atoms with E-state index in [0.717, 1.165) is 12.1 Å². The molecule has 2 heterocycles. The molecule has 9 heteroatoms. The first-order valence-electron chi connectivity index (χ1n) is 9.08. The van der Waals surface area contributed by atoms with Crippen LogP contribution in [0.2, 0.25) is 0 Å². The van der Waals surface area contributed by atoms with Crippen molar-refractivity contribution in [3.05, 3.63) is 60.3 Å². The van der Waals surface area contributed by atoms with Gasteiger partial charge in [-0.15, -0.1) is 0 Å². The molecule has 30 heavy (non-hydrogen) atoms. The summed E-state index contributed by atoms with van der Waals surface area (Å²) >= 11 is 0. The van der Waals surface area contributed by atoms with Crippen LogP contribution in [0.25, 0.3) is 22.3 Å². The molecular weight excluding hydrogens is 394 g/mol. The summed E-state index contributed by atoms with van der Waals surface area (Å²) in [4.78, 5) is 11.1. The number of benzene rings is 2. The van der Waals surface area contributed by atoms with Crippen LogP contribution in [-0.2, 0) is 4.74 Å². The van der Waals surface area contributed by atoms with Gasteiger partial charge in [0.05, 0.1) is 17.7 Å². The quantitative estimate of drug-likeness (QED) is 0.390. The van der Waals surface area contributed by atoms with Gasteiger partial charge in [0.1, 0.15) is 35.2 Å². The topological polar surface area (TPSA) is 92.3 Å². The van der Waals surface area contributed by atoms with Crippen molar-refractivity contribution in [2.24, 2.45) is 0 Å². The van der Waals surface area contributed by atoms with E-state index in [4.69, 9.17) is 9.47 Å². The van der Waals surface area contributed by atoms with Crippen LogP contribution < -0.4 is 10.1 Å². The predicted molar refractivity (Wildman–Crippen MR) is 108 cm³/mol. The van der Waals surface area contributed by atoms with E-state index >= 15 is 0 Å². The zero-order chi connectivity index (χ0) is 21.1. The molecular formula is C21H18F2N4O3. The van der Waals surface area contributed by atoms with Crippen molar-refractivity contribution in [3.63, 3.8) is 0 Å². The third-order valence-corrected chi connectivity index (χ3v) is 4.38. The Kier molecular flexibility index (Phi) is 5.44. The Bertz CT molecular complexity index is 1160. The Morgan fingerprint density at radius 1 is 1.03 bits per heavy atom. The van der Waals surface area contributed by atoms with Crippen LogP contribution in [0.3, 0.4) is 0 Å². The highest BCUT2D eigenvalue weighted by molar-refractivity contribution is 5.96. The number of anilines is 2. The lowest BCUT2D eigenvalue weighted by Gasteiger charge is -2.11. The minimum Gasteiger partial charge on any atom is -0.494 e. The van der Waals surface area contributed by atoms with Gasteiger partial charge in [0.2, 0.25) is 5.88 Å². The lowest BCUT2D eigenvalue weighted by Crippen LogP contribution is -2.04. The molecule has 0 radical (unpaired) electrons. The van der Waals surface area contributed by atoms with Crippen molar-refractivity contribution in [1.82, 2.24) is 15.0 Å². The van der Waals surface area contributed by atoms with Crippen LogP contribution in [0.5, 0.6) is 11.6 Å².